The molecule has 58 heavy (non-hydrogen) atoms. The second-order valence-corrected chi connectivity index (χ2v) is 17.3. The molecule has 3 rings (SSSR count). The zero-order valence-corrected chi connectivity index (χ0v) is 36.1. The fourth-order valence-corrected chi connectivity index (χ4v) is 7.09. The third-order valence-corrected chi connectivity index (χ3v) is 10.4. The number of Topliss-reactive ketones (excluding diaryl/α,β-unsaturated/α-hetero) is 1. The molecular weight excluding hydrogens is 775 g/mol. The summed E-state index contributed by atoms with van der Waals surface area (Å²) in [6.45, 7) is 11.8. The van der Waals surface area contributed by atoms with Gasteiger partial charge in [-0.25, -0.2) is 4.79 Å². The number of benzene rings is 3. The molecule has 0 aromatic heterocycles. The Morgan fingerprint density at radius 3 is 1.88 bits per heavy atom. The van der Waals surface area contributed by atoms with Crippen LogP contribution in [0.5, 0.6) is 0 Å². The van der Waals surface area contributed by atoms with Crippen molar-refractivity contribution in [3.8, 4) is 0 Å². The third-order valence-electron chi connectivity index (χ3n) is 8.70. The van der Waals surface area contributed by atoms with E-state index in [0.717, 1.165) is 28.8 Å². The molecule has 12 nitrogen and oxygen atoms in total. The van der Waals surface area contributed by atoms with Crippen molar-refractivity contribution >= 4 is 59.0 Å². The highest BCUT2D eigenvalue weighted by Gasteiger charge is 2.33. The van der Waals surface area contributed by atoms with Crippen LogP contribution in [0.1, 0.15) is 63.3 Å². The van der Waals surface area contributed by atoms with Crippen molar-refractivity contribution in [3.05, 3.63) is 114 Å². The molecule has 5 N–H and O–H groups in total. The lowest BCUT2D eigenvalue weighted by molar-refractivity contribution is -0.134. The Morgan fingerprint density at radius 1 is 0.707 bits per heavy atom. The summed E-state index contributed by atoms with van der Waals surface area (Å²) in [4.78, 5) is 80.7. The SMILES string of the molecule is CSCC[C@H](NC(=O)[C@H](Cc1ccccc1)NC(=O)[C@@H](NC(=O)[C@H](CSCc1ccc(C)cc1)NC(=O)OC(C)(C)C)C(C)C)C(=O)[CH]NC(=O)Cc1ccccc1. The smallest absolute Gasteiger partial charge is 0.408 e. The summed E-state index contributed by atoms with van der Waals surface area (Å²) in [5.41, 5.74) is 2.92. The molecular formula is C44H58N5O7S2. The number of carbonyl (C=O) groups excluding carboxylic acids is 6. The number of ketones is 1. The van der Waals surface area contributed by atoms with E-state index in [4.69, 9.17) is 4.74 Å². The zero-order valence-electron chi connectivity index (χ0n) is 34.5. The average molecular weight is 833 g/mol. The van der Waals surface area contributed by atoms with Crippen molar-refractivity contribution in [3.63, 3.8) is 0 Å². The number of amides is 5. The molecule has 3 aromatic rings. The van der Waals surface area contributed by atoms with Crippen LogP contribution in [0, 0.1) is 19.4 Å². The molecule has 0 aliphatic carbocycles. The molecule has 4 atom stereocenters. The van der Waals surface area contributed by atoms with Crippen LogP contribution < -0.4 is 26.6 Å². The summed E-state index contributed by atoms with van der Waals surface area (Å²) >= 11 is 2.94. The molecule has 14 heteroatoms. The molecule has 0 saturated heterocycles. The Labute approximate surface area is 351 Å². The Morgan fingerprint density at radius 2 is 1.29 bits per heavy atom. The topological polar surface area (TPSA) is 172 Å². The Hall–Kier alpha value is -4.82. The van der Waals surface area contributed by atoms with Crippen molar-refractivity contribution in [2.24, 2.45) is 5.92 Å². The summed E-state index contributed by atoms with van der Waals surface area (Å²) in [7, 11) is 0. The van der Waals surface area contributed by atoms with Gasteiger partial charge in [-0.2, -0.15) is 23.5 Å². The van der Waals surface area contributed by atoms with Gasteiger partial charge in [0, 0.05) is 17.9 Å². The van der Waals surface area contributed by atoms with Gasteiger partial charge < -0.3 is 31.3 Å². The number of hydrogen-bond donors (Lipinski definition) is 5. The van der Waals surface area contributed by atoms with E-state index in [-0.39, 0.29) is 30.9 Å². The molecule has 0 heterocycles. The van der Waals surface area contributed by atoms with E-state index in [0.29, 0.717) is 11.5 Å². The predicted octanol–water partition coefficient (Wildman–Crippen LogP) is 5.32. The minimum Gasteiger partial charge on any atom is -0.444 e. The molecule has 3 aromatic carbocycles. The van der Waals surface area contributed by atoms with Crippen LogP contribution in [0.25, 0.3) is 0 Å². The van der Waals surface area contributed by atoms with Crippen molar-refractivity contribution in [1.82, 2.24) is 26.6 Å². The first-order valence-electron chi connectivity index (χ1n) is 19.3. The first-order chi connectivity index (χ1) is 27.5. The van der Waals surface area contributed by atoms with Crippen molar-refractivity contribution in [2.75, 3.05) is 17.8 Å². The van der Waals surface area contributed by atoms with Gasteiger partial charge in [0.1, 0.15) is 30.3 Å². The van der Waals surface area contributed by atoms with Gasteiger partial charge in [0.25, 0.3) is 0 Å². The minimum absolute atomic E-state index is 0.0786. The normalized spacial score (nSPS) is 13.3. The number of aryl methyl sites for hydroxylation is 1. The highest BCUT2D eigenvalue weighted by Crippen LogP contribution is 2.16. The molecule has 0 aliphatic rings. The van der Waals surface area contributed by atoms with Crippen LogP contribution in [0.2, 0.25) is 0 Å². The van der Waals surface area contributed by atoms with Crippen LogP contribution in [0.15, 0.2) is 84.9 Å². The number of rotatable bonds is 22. The number of nitrogens with one attached hydrogen (secondary N) is 5. The lowest BCUT2D eigenvalue weighted by Gasteiger charge is -2.28. The standard InChI is InChI=1S/C44H58N5O7S2/c1-29(2)39(49-41(53)36(48-43(55)56-44(4,5)6)28-58-27-33-20-18-30(3)19-21-33)42(54)47-35(24-31-14-10-8-11-15-31)40(52)46-34(22-23-57-7)37(50)26-45-38(51)25-32-16-12-9-13-17-32/h8-21,26,29,34-36,39H,22-25,27-28H2,1-7H3,(H,45,51)(H,46,52)(H,47,54)(H,48,55)(H,49,53)/t34-,35-,36-,39-/m0/s1. The fourth-order valence-electron chi connectivity index (χ4n) is 5.60. The van der Waals surface area contributed by atoms with Crippen LogP contribution in [0.4, 0.5) is 4.79 Å². The van der Waals surface area contributed by atoms with Crippen LogP contribution in [-0.2, 0) is 47.3 Å². The second kappa shape index (κ2) is 24.2. The first-order valence-corrected chi connectivity index (χ1v) is 21.9. The molecule has 1 radical (unpaired) electrons. The van der Waals surface area contributed by atoms with Gasteiger partial charge in [0.05, 0.1) is 12.5 Å². The third kappa shape index (κ3) is 17.8. The summed E-state index contributed by atoms with van der Waals surface area (Å²) in [6, 6.07) is 22.0. The van der Waals surface area contributed by atoms with Gasteiger partial charge in [-0.05, 0) is 68.7 Å². The van der Waals surface area contributed by atoms with Crippen molar-refractivity contribution in [2.45, 2.75) is 96.3 Å². The van der Waals surface area contributed by atoms with Gasteiger partial charge in [-0.15, -0.1) is 0 Å². The fraction of sp³-hybridized carbons (Fsp3) is 0.432. The first kappa shape index (κ1) is 47.6. The summed E-state index contributed by atoms with van der Waals surface area (Å²) in [5.74, 6) is -1.78. The number of carbonyl (C=O) groups is 6. The molecule has 5 amide bonds. The van der Waals surface area contributed by atoms with E-state index >= 15 is 0 Å². The number of thioether (sulfide) groups is 2. The van der Waals surface area contributed by atoms with Gasteiger partial charge in [0.15, 0.2) is 5.78 Å². The van der Waals surface area contributed by atoms with Gasteiger partial charge in [0.2, 0.25) is 23.6 Å². The molecule has 0 aliphatic heterocycles. The Balaban J connectivity index is 1.77. The monoisotopic (exact) mass is 832 g/mol. The number of ether oxygens (including phenoxy) is 1. The summed E-state index contributed by atoms with van der Waals surface area (Å²) in [5, 5.41) is 13.7. The molecule has 0 bridgehead atoms. The Bertz CT molecular complexity index is 1790. The highest BCUT2D eigenvalue weighted by molar-refractivity contribution is 7.98. The highest BCUT2D eigenvalue weighted by atomic mass is 32.2. The summed E-state index contributed by atoms with van der Waals surface area (Å²) in [6.07, 6.45) is 1.56. The largest absolute Gasteiger partial charge is 0.444 e. The molecule has 0 unspecified atom stereocenters. The zero-order chi connectivity index (χ0) is 42.7. The molecule has 0 spiro atoms. The van der Waals surface area contributed by atoms with E-state index in [9.17, 15) is 28.8 Å². The maximum atomic E-state index is 14.1. The van der Waals surface area contributed by atoms with Crippen molar-refractivity contribution in [1.29, 1.82) is 0 Å². The second-order valence-electron chi connectivity index (χ2n) is 15.3. The van der Waals surface area contributed by atoms with Gasteiger partial charge in [-0.1, -0.05) is 104 Å². The lowest BCUT2D eigenvalue weighted by atomic mass is 10.00. The van der Waals surface area contributed by atoms with E-state index in [1.807, 2.05) is 98.1 Å². The van der Waals surface area contributed by atoms with Crippen molar-refractivity contribution < 1.29 is 33.5 Å². The average Bonchev–Trinajstić information content (AvgIpc) is 3.17. The lowest BCUT2D eigenvalue weighted by Crippen LogP contribution is -2.60. The molecule has 0 saturated carbocycles. The van der Waals surface area contributed by atoms with E-state index < -0.39 is 65.3 Å². The minimum atomic E-state index is -1.13. The maximum absolute atomic E-state index is 14.1. The van der Waals surface area contributed by atoms with Crippen LogP contribution >= 0.6 is 23.5 Å². The molecule has 0 fully saturated rings. The Kier molecular flexibility index (Phi) is 19.8. The van der Waals surface area contributed by atoms with E-state index in [2.05, 4.69) is 26.6 Å². The van der Waals surface area contributed by atoms with E-state index in [1.165, 1.54) is 23.5 Å². The van der Waals surface area contributed by atoms with Crippen LogP contribution in [-0.4, -0.2) is 83.0 Å². The van der Waals surface area contributed by atoms with Crippen LogP contribution in [0.3, 0.4) is 0 Å². The number of hydrogen-bond acceptors (Lipinski definition) is 9. The number of alkyl carbamates (subject to hydrolysis) is 1. The van der Waals surface area contributed by atoms with Gasteiger partial charge in [-0.3, -0.25) is 24.0 Å². The summed E-state index contributed by atoms with van der Waals surface area (Å²) < 4.78 is 5.44. The van der Waals surface area contributed by atoms with E-state index in [1.54, 1.807) is 34.6 Å². The quantitative estimate of drug-likeness (QED) is 0.0900. The maximum Gasteiger partial charge on any atom is 0.408 e. The van der Waals surface area contributed by atoms with Gasteiger partial charge >= 0.3 is 6.09 Å². The molecule has 313 valence electrons. The predicted molar refractivity (Wildman–Crippen MR) is 232 cm³/mol.